The van der Waals surface area contributed by atoms with Crippen LogP contribution >= 0.6 is 0 Å². The number of carbonyl (C=O) groups excluding carboxylic acids is 2. The molecule has 6 nitrogen and oxygen atoms in total. The molecule has 122 valence electrons. The van der Waals surface area contributed by atoms with E-state index in [0.29, 0.717) is 12.5 Å². The van der Waals surface area contributed by atoms with E-state index in [1.165, 1.54) is 0 Å². The summed E-state index contributed by atoms with van der Waals surface area (Å²) in [6.45, 7) is 4.61. The van der Waals surface area contributed by atoms with Crippen molar-refractivity contribution in [3.63, 3.8) is 0 Å². The van der Waals surface area contributed by atoms with Gasteiger partial charge < -0.3 is 21.5 Å². The Hall–Kier alpha value is -1.30. The fraction of sp³-hybridized carbons (Fsp3) is 0.867. The minimum Gasteiger partial charge on any atom is -0.396 e. The largest absolute Gasteiger partial charge is 0.396 e. The third-order valence-corrected chi connectivity index (χ3v) is 4.63. The number of nitrogens with one attached hydrogen (secondary N) is 2. The lowest BCUT2D eigenvalue weighted by Gasteiger charge is -2.31. The lowest BCUT2D eigenvalue weighted by molar-refractivity contribution is -0.124. The smallest absolute Gasteiger partial charge is 0.312 e. The van der Waals surface area contributed by atoms with Crippen molar-refractivity contribution in [3.8, 4) is 0 Å². The molecule has 5 N–H and O–H groups in total. The van der Waals surface area contributed by atoms with E-state index in [1.807, 2.05) is 13.8 Å². The van der Waals surface area contributed by atoms with E-state index in [1.54, 1.807) is 0 Å². The molecule has 3 amide bonds. The lowest BCUT2D eigenvalue weighted by atomic mass is 9.79. The van der Waals surface area contributed by atoms with Crippen molar-refractivity contribution in [2.45, 2.75) is 52.0 Å². The predicted octanol–water partition coefficient (Wildman–Crippen LogP) is 0.984. The minimum absolute atomic E-state index is 0.0255. The molecule has 0 aromatic carbocycles. The highest BCUT2D eigenvalue weighted by atomic mass is 16.3. The fourth-order valence-corrected chi connectivity index (χ4v) is 2.99. The molecule has 1 rings (SSSR count). The van der Waals surface area contributed by atoms with E-state index in [4.69, 9.17) is 5.73 Å². The molecule has 0 spiro atoms. The Balaban J connectivity index is 2.53. The molecule has 0 saturated heterocycles. The molecule has 6 heteroatoms. The van der Waals surface area contributed by atoms with Crippen LogP contribution in [0, 0.1) is 17.8 Å². The normalized spacial score (nSPS) is 24.9. The summed E-state index contributed by atoms with van der Waals surface area (Å²) in [6, 6.07) is -1.27. The van der Waals surface area contributed by atoms with E-state index in [9.17, 15) is 14.7 Å². The van der Waals surface area contributed by atoms with Gasteiger partial charge in [-0.05, 0) is 30.6 Å². The predicted molar refractivity (Wildman–Crippen MR) is 81.5 cm³/mol. The second-order valence-electron chi connectivity index (χ2n) is 6.10. The summed E-state index contributed by atoms with van der Waals surface area (Å²) in [5.41, 5.74) is 5.14. The first kappa shape index (κ1) is 17.8. The molecule has 0 aliphatic heterocycles. The Bertz CT molecular complexity index is 349. The van der Waals surface area contributed by atoms with Crippen LogP contribution in [-0.4, -0.2) is 36.2 Å². The maximum absolute atomic E-state index is 12.3. The molecular weight excluding hydrogens is 270 g/mol. The fourth-order valence-electron chi connectivity index (χ4n) is 2.99. The maximum atomic E-state index is 12.3. The van der Waals surface area contributed by atoms with Gasteiger partial charge in [0.25, 0.3) is 0 Å². The first-order valence-electron chi connectivity index (χ1n) is 7.94. The van der Waals surface area contributed by atoms with Gasteiger partial charge in [-0.2, -0.15) is 0 Å². The van der Waals surface area contributed by atoms with Gasteiger partial charge in [0, 0.05) is 13.2 Å². The third-order valence-electron chi connectivity index (χ3n) is 4.63. The van der Waals surface area contributed by atoms with Gasteiger partial charge in [0.15, 0.2) is 0 Å². The molecule has 0 bridgehead atoms. The molecule has 4 unspecified atom stereocenters. The highest BCUT2D eigenvalue weighted by molar-refractivity contribution is 5.86. The van der Waals surface area contributed by atoms with E-state index in [0.717, 1.165) is 32.1 Å². The second-order valence-corrected chi connectivity index (χ2v) is 6.10. The van der Waals surface area contributed by atoms with Crippen LogP contribution < -0.4 is 16.4 Å². The molecule has 0 aromatic rings. The zero-order valence-electron chi connectivity index (χ0n) is 13.1. The van der Waals surface area contributed by atoms with Gasteiger partial charge in [0.05, 0.1) is 0 Å². The van der Waals surface area contributed by atoms with Crippen LogP contribution in [0.2, 0.25) is 0 Å². The van der Waals surface area contributed by atoms with Crippen LogP contribution in [0.15, 0.2) is 0 Å². The van der Waals surface area contributed by atoms with E-state index >= 15 is 0 Å². The topological polar surface area (TPSA) is 104 Å². The van der Waals surface area contributed by atoms with Crippen LogP contribution in [0.25, 0.3) is 0 Å². The zero-order valence-corrected chi connectivity index (χ0v) is 13.1. The Morgan fingerprint density at radius 1 is 1.29 bits per heavy atom. The van der Waals surface area contributed by atoms with Crippen molar-refractivity contribution < 1.29 is 14.7 Å². The number of aliphatic hydroxyl groups excluding tert-OH is 1. The quantitative estimate of drug-likeness (QED) is 0.563. The maximum Gasteiger partial charge on any atom is 0.312 e. The standard InChI is InChI=1S/C15H29N3O3/c1-3-10(2)13(18-15(16)21)14(20)17-8-11-6-4-5-7-12(11)9-19/h10-13,19H,3-9H2,1-2H3,(H,17,20)(H3,16,18,21). The molecule has 1 aliphatic rings. The van der Waals surface area contributed by atoms with Crippen LogP contribution in [0.4, 0.5) is 4.79 Å². The molecule has 1 saturated carbocycles. The van der Waals surface area contributed by atoms with Gasteiger partial charge in [-0.3, -0.25) is 4.79 Å². The van der Waals surface area contributed by atoms with Gasteiger partial charge in [-0.15, -0.1) is 0 Å². The Morgan fingerprint density at radius 2 is 1.90 bits per heavy atom. The third kappa shape index (κ3) is 5.53. The Morgan fingerprint density at radius 3 is 2.43 bits per heavy atom. The lowest BCUT2D eigenvalue weighted by Crippen LogP contribution is -2.52. The molecule has 4 atom stereocenters. The van der Waals surface area contributed by atoms with Crippen LogP contribution in [-0.2, 0) is 4.79 Å². The SMILES string of the molecule is CCC(C)C(NC(N)=O)C(=O)NCC1CCCCC1CO. The van der Waals surface area contributed by atoms with Crippen molar-refractivity contribution in [2.24, 2.45) is 23.5 Å². The van der Waals surface area contributed by atoms with Crippen LogP contribution in [0.3, 0.4) is 0 Å². The summed E-state index contributed by atoms with van der Waals surface area (Å²) in [7, 11) is 0. The summed E-state index contributed by atoms with van der Waals surface area (Å²) in [4.78, 5) is 23.3. The van der Waals surface area contributed by atoms with Gasteiger partial charge >= 0.3 is 6.03 Å². The number of carbonyl (C=O) groups is 2. The van der Waals surface area contributed by atoms with Gasteiger partial charge in [-0.1, -0.05) is 33.1 Å². The average molecular weight is 299 g/mol. The van der Waals surface area contributed by atoms with E-state index in [-0.39, 0.29) is 24.3 Å². The number of hydrogen-bond acceptors (Lipinski definition) is 3. The summed E-state index contributed by atoms with van der Waals surface area (Å²) in [5, 5.41) is 14.8. The number of hydrogen-bond donors (Lipinski definition) is 4. The number of primary amides is 1. The summed E-state index contributed by atoms with van der Waals surface area (Å²) >= 11 is 0. The minimum atomic E-state index is -0.679. The summed E-state index contributed by atoms with van der Waals surface area (Å²) < 4.78 is 0. The van der Waals surface area contributed by atoms with Crippen LogP contribution in [0.1, 0.15) is 46.0 Å². The number of amides is 3. The van der Waals surface area contributed by atoms with Crippen molar-refractivity contribution >= 4 is 11.9 Å². The molecule has 0 aromatic heterocycles. The Kier molecular flexibility index (Phi) is 7.50. The van der Waals surface area contributed by atoms with Gasteiger partial charge in [0.2, 0.25) is 5.91 Å². The van der Waals surface area contributed by atoms with E-state index in [2.05, 4.69) is 10.6 Å². The highest BCUT2D eigenvalue weighted by Crippen LogP contribution is 2.29. The molecule has 21 heavy (non-hydrogen) atoms. The van der Waals surface area contributed by atoms with Gasteiger partial charge in [0.1, 0.15) is 6.04 Å². The number of rotatable bonds is 7. The molecule has 0 radical (unpaired) electrons. The Labute approximate surface area is 126 Å². The zero-order chi connectivity index (χ0) is 15.8. The first-order valence-corrected chi connectivity index (χ1v) is 7.94. The monoisotopic (exact) mass is 299 g/mol. The molecule has 1 fully saturated rings. The second kappa shape index (κ2) is 8.87. The van der Waals surface area contributed by atoms with E-state index < -0.39 is 12.1 Å². The molecule has 1 aliphatic carbocycles. The summed E-state index contributed by atoms with van der Waals surface area (Å²) in [6.07, 6.45) is 5.12. The highest BCUT2D eigenvalue weighted by Gasteiger charge is 2.28. The molecular formula is C15H29N3O3. The number of aliphatic hydroxyl groups is 1. The van der Waals surface area contributed by atoms with Crippen molar-refractivity contribution in [2.75, 3.05) is 13.2 Å². The number of nitrogens with two attached hydrogens (primary N) is 1. The van der Waals surface area contributed by atoms with Crippen molar-refractivity contribution in [3.05, 3.63) is 0 Å². The first-order chi connectivity index (χ1) is 9.99. The average Bonchev–Trinajstić information content (AvgIpc) is 2.49. The molecule has 0 heterocycles. The summed E-state index contributed by atoms with van der Waals surface area (Å²) in [5.74, 6) is 0.423. The number of urea groups is 1. The van der Waals surface area contributed by atoms with Crippen molar-refractivity contribution in [1.82, 2.24) is 10.6 Å². The van der Waals surface area contributed by atoms with Gasteiger partial charge in [-0.25, -0.2) is 4.79 Å². The van der Waals surface area contributed by atoms with Crippen LogP contribution in [0.5, 0.6) is 0 Å². The van der Waals surface area contributed by atoms with Crippen molar-refractivity contribution in [1.29, 1.82) is 0 Å².